The first-order chi connectivity index (χ1) is 13.4. The number of fused-ring (bicyclic) bond motifs is 2. The molecular formula is C17H27N7O4. The molecule has 4 atom stereocenters. The summed E-state index contributed by atoms with van der Waals surface area (Å²) in [5.74, 6) is 0.0602. The average Bonchev–Trinajstić information content (AvgIpc) is 3.27. The van der Waals surface area contributed by atoms with Gasteiger partial charge in [0.15, 0.2) is 29.0 Å². The molecule has 0 aromatic carbocycles. The van der Waals surface area contributed by atoms with Gasteiger partial charge in [-0.2, -0.15) is 0 Å². The molecule has 4 rings (SSSR count). The maximum absolute atomic E-state index is 9.77. The smallest absolute Gasteiger partial charge is 0.207 e. The third kappa shape index (κ3) is 3.29. The third-order valence-corrected chi connectivity index (χ3v) is 4.98. The van der Waals surface area contributed by atoms with Crippen LogP contribution in [0.15, 0.2) is 6.33 Å². The Kier molecular flexibility index (Phi) is 5.10. The number of aromatic nitrogens is 4. The lowest BCUT2D eigenvalue weighted by atomic mass is 10.1. The molecule has 2 aliphatic rings. The van der Waals surface area contributed by atoms with Gasteiger partial charge >= 0.3 is 0 Å². The monoisotopic (exact) mass is 393 g/mol. The highest BCUT2D eigenvalue weighted by Crippen LogP contribution is 2.44. The van der Waals surface area contributed by atoms with Crippen LogP contribution in [0.4, 0.5) is 11.8 Å². The van der Waals surface area contributed by atoms with Gasteiger partial charge < -0.3 is 36.1 Å². The van der Waals surface area contributed by atoms with E-state index in [2.05, 4.69) is 20.3 Å². The lowest BCUT2D eigenvalue weighted by molar-refractivity contribution is -0.199. The van der Waals surface area contributed by atoms with E-state index in [1.165, 1.54) is 6.33 Å². The zero-order chi connectivity index (χ0) is 19.9. The van der Waals surface area contributed by atoms with Crippen LogP contribution < -0.4 is 16.8 Å². The Balaban J connectivity index is 1.73. The SMILES string of the molecule is CC1(C)OC2[C@@H](CO)O[C@@H](n3c(NCCCCN)nc4c(N)ncnc43)[C@H]2O1. The summed E-state index contributed by atoms with van der Waals surface area (Å²) in [5, 5.41) is 13.1. The molecule has 2 fully saturated rings. The first-order valence-electron chi connectivity index (χ1n) is 9.49. The van der Waals surface area contributed by atoms with E-state index in [1.807, 2.05) is 18.4 Å². The predicted molar refractivity (Wildman–Crippen MR) is 101 cm³/mol. The van der Waals surface area contributed by atoms with Crippen molar-refractivity contribution in [2.45, 2.75) is 57.0 Å². The number of nitrogens with zero attached hydrogens (tertiary/aromatic N) is 4. The van der Waals surface area contributed by atoms with Gasteiger partial charge in [0.05, 0.1) is 6.61 Å². The largest absolute Gasteiger partial charge is 0.394 e. The van der Waals surface area contributed by atoms with Crippen LogP contribution in [0.2, 0.25) is 0 Å². The summed E-state index contributed by atoms with van der Waals surface area (Å²) in [7, 11) is 0. The van der Waals surface area contributed by atoms with Gasteiger partial charge in [-0.3, -0.25) is 4.57 Å². The summed E-state index contributed by atoms with van der Waals surface area (Å²) in [6.45, 7) is 4.81. The Hall–Kier alpha value is -2.05. The molecule has 4 heterocycles. The normalized spacial score (nSPS) is 28.7. The number of ether oxygens (including phenoxy) is 3. The maximum Gasteiger partial charge on any atom is 0.207 e. The van der Waals surface area contributed by atoms with E-state index in [9.17, 15) is 5.11 Å². The van der Waals surface area contributed by atoms with Crippen molar-refractivity contribution in [1.82, 2.24) is 19.5 Å². The highest BCUT2D eigenvalue weighted by molar-refractivity contribution is 5.84. The predicted octanol–water partition coefficient (Wildman–Crippen LogP) is -0.0309. The van der Waals surface area contributed by atoms with E-state index in [-0.39, 0.29) is 12.4 Å². The number of anilines is 2. The van der Waals surface area contributed by atoms with Crippen LogP contribution in [-0.4, -0.2) is 68.4 Å². The minimum atomic E-state index is -0.774. The molecule has 0 saturated carbocycles. The van der Waals surface area contributed by atoms with E-state index < -0.39 is 30.3 Å². The van der Waals surface area contributed by atoms with Crippen molar-refractivity contribution in [3.8, 4) is 0 Å². The Bertz CT molecular complexity index is 842. The van der Waals surface area contributed by atoms with Crippen LogP contribution in [0.25, 0.3) is 11.2 Å². The van der Waals surface area contributed by atoms with Crippen LogP contribution in [0.3, 0.4) is 0 Å². The van der Waals surface area contributed by atoms with Gasteiger partial charge in [0.2, 0.25) is 5.95 Å². The van der Waals surface area contributed by atoms with Crippen LogP contribution in [0.5, 0.6) is 0 Å². The van der Waals surface area contributed by atoms with Crippen molar-refractivity contribution in [1.29, 1.82) is 0 Å². The van der Waals surface area contributed by atoms with Crippen LogP contribution >= 0.6 is 0 Å². The highest BCUT2D eigenvalue weighted by Gasteiger charge is 2.56. The molecule has 28 heavy (non-hydrogen) atoms. The van der Waals surface area contributed by atoms with E-state index in [0.717, 1.165) is 12.8 Å². The summed E-state index contributed by atoms with van der Waals surface area (Å²) >= 11 is 0. The summed E-state index contributed by atoms with van der Waals surface area (Å²) in [6.07, 6.45) is 1.26. The van der Waals surface area contributed by atoms with Crippen LogP contribution in [-0.2, 0) is 14.2 Å². The second kappa shape index (κ2) is 7.41. The van der Waals surface area contributed by atoms with Gasteiger partial charge in [-0.15, -0.1) is 0 Å². The van der Waals surface area contributed by atoms with Crippen molar-refractivity contribution >= 4 is 22.9 Å². The average molecular weight is 393 g/mol. The van der Waals surface area contributed by atoms with E-state index >= 15 is 0 Å². The van der Waals surface area contributed by atoms with Gasteiger partial charge in [0.25, 0.3) is 0 Å². The minimum Gasteiger partial charge on any atom is -0.394 e. The molecule has 6 N–H and O–H groups in total. The topological polar surface area (TPSA) is 156 Å². The van der Waals surface area contributed by atoms with Crippen molar-refractivity contribution < 1.29 is 19.3 Å². The molecule has 2 aliphatic heterocycles. The van der Waals surface area contributed by atoms with Gasteiger partial charge in [-0.05, 0) is 33.2 Å². The molecule has 0 radical (unpaired) electrons. The zero-order valence-corrected chi connectivity index (χ0v) is 16.0. The number of imidazole rings is 1. The number of hydrogen-bond donors (Lipinski definition) is 4. The molecule has 11 nitrogen and oxygen atoms in total. The molecule has 1 unspecified atom stereocenters. The van der Waals surface area contributed by atoms with E-state index in [4.69, 9.17) is 25.7 Å². The molecule has 2 saturated heterocycles. The molecule has 0 spiro atoms. The number of aliphatic hydroxyl groups is 1. The standard InChI is InChI=1S/C17H27N7O4/c1-17(2)27-11-9(7-25)26-15(12(11)28-17)24-14-10(13(19)21-8-22-14)23-16(24)20-6-4-3-5-18/h8-9,11-12,15,25H,3-7,18H2,1-2H3,(H,20,23)(H2,19,21,22)/t9-,11?,12+,15-/m1/s1. The number of nitrogens with two attached hydrogens (primary N) is 2. The molecular weight excluding hydrogens is 366 g/mol. The Morgan fingerprint density at radius 1 is 1.25 bits per heavy atom. The first kappa shape index (κ1) is 19.3. The van der Waals surface area contributed by atoms with Gasteiger partial charge in [0, 0.05) is 6.54 Å². The Morgan fingerprint density at radius 3 is 2.79 bits per heavy atom. The molecule has 11 heteroatoms. The molecule has 0 aliphatic carbocycles. The molecule has 2 aromatic rings. The summed E-state index contributed by atoms with van der Waals surface area (Å²) < 4.78 is 20.0. The second-order valence-corrected chi connectivity index (χ2v) is 7.47. The third-order valence-electron chi connectivity index (χ3n) is 4.98. The number of unbranched alkanes of at least 4 members (excludes halogenated alkanes) is 1. The fourth-order valence-electron chi connectivity index (χ4n) is 3.78. The Labute approximate surface area is 162 Å². The van der Waals surface area contributed by atoms with Gasteiger partial charge in [0.1, 0.15) is 24.6 Å². The fourth-order valence-corrected chi connectivity index (χ4v) is 3.78. The molecule has 0 bridgehead atoms. The van der Waals surface area contributed by atoms with Crippen molar-refractivity contribution in [2.24, 2.45) is 5.73 Å². The number of nitrogens with one attached hydrogen (secondary N) is 1. The number of aliphatic hydroxyl groups excluding tert-OH is 1. The summed E-state index contributed by atoms with van der Waals surface area (Å²) in [4.78, 5) is 13.0. The van der Waals surface area contributed by atoms with Crippen LogP contribution in [0, 0.1) is 0 Å². The van der Waals surface area contributed by atoms with Gasteiger partial charge in [-0.25, -0.2) is 15.0 Å². The maximum atomic E-state index is 9.77. The first-order valence-corrected chi connectivity index (χ1v) is 9.49. The second-order valence-electron chi connectivity index (χ2n) is 7.47. The quantitative estimate of drug-likeness (QED) is 0.471. The van der Waals surface area contributed by atoms with E-state index in [0.29, 0.717) is 30.2 Å². The fraction of sp³-hybridized carbons (Fsp3) is 0.706. The van der Waals surface area contributed by atoms with Gasteiger partial charge in [-0.1, -0.05) is 0 Å². The lowest BCUT2D eigenvalue weighted by Gasteiger charge is -2.25. The van der Waals surface area contributed by atoms with Crippen molar-refractivity contribution in [3.05, 3.63) is 6.33 Å². The molecule has 0 amide bonds. The van der Waals surface area contributed by atoms with Crippen molar-refractivity contribution in [2.75, 3.05) is 30.7 Å². The lowest BCUT2D eigenvalue weighted by Crippen LogP contribution is -2.31. The molecule has 2 aromatic heterocycles. The summed E-state index contributed by atoms with van der Waals surface area (Å²) in [5.41, 5.74) is 12.6. The Morgan fingerprint density at radius 2 is 2.04 bits per heavy atom. The minimum absolute atomic E-state index is 0.180. The highest BCUT2D eigenvalue weighted by atomic mass is 16.8. The zero-order valence-electron chi connectivity index (χ0n) is 16.0. The summed E-state index contributed by atoms with van der Waals surface area (Å²) in [6, 6.07) is 0. The van der Waals surface area contributed by atoms with Crippen LogP contribution in [0.1, 0.15) is 32.9 Å². The number of rotatable bonds is 7. The number of nitrogen functional groups attached to an aromatic ring is 1. The molecule has 154 valence electrons. The van der Waals surface area contributed by atoms with Crippen molar-refractivity contribution in [3.63, 3.8) is 0 Å². The van der Waals surface area contributed by atoms with E-state index in [1.54, 1.807) is 0 Å². The number of hydrogen-bond acceptors (Lipinski definition) is 10.